The lowest BCUT2D eigenvalue weighted by molar-refractivity contribution is -0.121. The molecule has 0 aromatic heterocycles. The molecule has 1 amide bonds. The maximum atomic E-state index is 12.5. The zero-order valence-corrected chi connectivity index (χ0v) is 14.7. The van der Waals surface area contributed by atoms with E-state index in [4.69, 9.17) is 0 Å². The maximum absolute atomic E-state index is 12.5. The van der Waals surface area contributed by atoms with Gasteiger partial charge in [0.05, 0.1) is 4.90 Å². The largest absolute Gasteiger partial charge is 0.354 e. The molecule has 0 radical (unpaired) electrons. The lowest BCUT2D eigenvalue weighted by atomic mass is 10.1. The molecule has 6 heteroatoms. The number of carbonyl (C=O) groups excluding carboxylic acids is 1. The van der Waals surface area contributed by atoms with Crippen LogP contribution in [-0.2, 0) is 21.2 Å². The highest BCUT2D eigenvalue weighted by molar-refractivity contribution is 7.89. The summed E-state index contributed by atoms with van der Waals surface area (Å²) in [7, 11) is -3.37. The zero-order chi connectivity index (χ0) is 16.9. The Morgan fingerprint density at radius 1 is 1.13 bits per heavy atom. The molecule has 2 rings (SSSR count). The minimum absolute atomic E-state index is 0.0185. The Hall–Kier alpha value is -1.40. The molecule has 1 aliphatic heterocycles. The molecule has 1 saturated heterocycles. The first-order valence-corrected chi connectivity index (χ1v) is 9.72. The topological polar surface area (TPSA) is 66.5 Å². The minimum Gasteiger partial charge on any atom is -0.354 e. The average Bonchev–Trinajstić information content (AvgIpc) is 2.53. The molecule has 23 heavy (non-hydrogen) atoms. The molecule has 1 aromatic rings. The van der Waals surface area contributed by atoms with E-state index >= 15 is 0 Å². The number of nitrogens with zero attached hydrogens (tertiary/aromatic N) is 1. The number of carbonyl (C=O) groups is 1. The number of piperidine rings is 1. The van der Waals surface area contributed by atoms with Gasteiger partial charge in [-0.05, 0) is 50.8 Å². The summed E-state index contributed by atoms with van der Waals surface area (Å²) < 4.78 is 26.7. The molecule has 1 aromatic carbocycles. The van der Waals surface area contributed by atoms with Crippen molar-refractivity contribution in [1.82, 2.24) is 9.62 Å². The summed E-state index contributed by atoms with van der Waals surface area (Å²) in [6.07, 6.45) is 3.99. The van der Waals surface area contributed by atoms with Crippen LogP contribution in [0.4, 0.5) is 0 Å². The smallest absolute Gasteiger partial charge is 0.243 e. The monoisotopic (exact) mass is 338 g/mol. The summed E-state index contributed by atoms with van der Waals surface area (Å²) in [5, 5.41) is 2.85. The van der Waals surface area contributed by atoms with Crippen molar-refractivity contribution in [3.05, 3.63) is 29.8 Å². The molecule has 1 aliphatic rings. The van der Waals surface area contributed by atoms with Crippen LogP contribution in [-0.4, -0.2) is 37.8 Å². The Morgan fingerprint density at radius 3 is 2.30 bits per heavy atom. The van der Waals surface area contributed by atoms with Crippen molar-refractivity contribution in [2.24, 2.45) is 0 Å². The fourth-order valence-electron chi connectivity index (χ4n) is 2.73. The number of amides is 1. The van der Waals surface area contributed by atoms with Gasteiger partial charge in [0.25, 0.3) is 0 Å². The summed E-state index contributed by atoms with van der Waals surface area (Å²) >= 11 is 0. The Bertz CT molecular complexity index is 618. The standard InChI is InChI=1S/C17H26N2O3S/c1-14(2)18-17(20)11-8-15-6-9-16(10-7-15)23(21,22)19-12-4-3-5-13-19/h6-7,9-10,14H,3-5,8,11-13H2,1-2H3,(H,18,20). The normalized spacial score (nSPS) is 16.5. The molecule has 1 heterocycles. The molecule has 128 valence electrons. The van der Waals surface area contributed by atoms with Gasteiger partial charge in [-0.25, -0.2) is 8.42 Å². The van der Waals surface area contributed by atoms with Gasteiger partial charge in [0.2, 0.25) is 15.9 Å². The van der Waals surface area contributed by atoms with Gasteiger partial charge in [-0.1, -0.05) is 18.6 Å². The van der Waals surface area contributed by atoms with Crippen LogP contribution in [0.15, 0.2) is 29.2 Å². The summed E-state index contributed by atoms with van der Waals surface area (Å²) in [6.45, 7) is 5.08. The Morgan fingerprint density at radius 2 is 1.74 bits per heavy atom. The second-order valence-electron chi connectivity index (χ2n) is 6.33. The molecule has 0 spiro atoms. The number of nitrogens with one attached hydrogen (secondary N) is 1. The first-order chi connectivity index (χ1) is 10.9. The van der Waals surface area contributed by atoms with Crippen molar-refractivity contribution in [3.63, 3.8) is 0 Å². The van der Waals surface area contributed by atoms with Crippen molar-refractivity contribution < 1.29 is 13.2 Å². The van der Waals surface area contributed by atoms with Crippen LogP contribution in [0.1, 0.15) is 45.1 Å². The number of rotatable bonds is 6. The third kappa shape index (κ3) is 5.04. The number of sulfonamides is 1. The van der Waals surface area contributed by atoms with Crippen LogP contribution in [0.3, 0.4) is 0 Å². The molecule has 0 atom stereocenters. The molecular weight excluding hydrogens is 312 g/mol. The van der Waals surface area contributed by atoms with Gasteiger partial charge in [-0.15, -0.1) is 0 Å². The average molecular weight is 338 g/mol. The van der Waals surface area contributed by atoms with Crippen molar-refractivity contribution in [3.8, 4) is 0 Å². The second kappa shape index (κ2) is 7.93. The predicted molar refractivity (Wildman–Crippen MR) is 90.7 cm³/mol. The molecule has 0 unspecified atom stereocenters. The number of hydrogen-bond acceptors (Lipinski definition) is 3. The zero-order valence-electron chi connectivity index (χ0n) is 13.9. The molecule has 0 saturated carbocycles. The molecule has 5 nitrogen and oxygen atoms in total. The van der Waals surface area contributed by atoms with E-state index in [0.29, 0.717) is 30.8 Å². The van der Waals surface area contributed by atoms with Crippen LogP contribution < -0.4 is 5.32 Å². The van der Waals surface area contributed by atoms with Crippen molar-refractivity contribution in [2.75, 3.05) is 13.1 Å². The summed E-state index contributed by atoms with van der Waals surface area (Å²) in [6, 6.07) is 7.05. The van der Waals surface area contributed by atoms with E-state index in [2.05, 4.69) is 5.32 Å². The van der Waals surface area contributed by atoms with E-state index in [1.807, 2.05) is 13.8 Å². The predicted octanol–water partition coefficient (Wildman–Crippen LogP) is 2.32. The Balaban J connectivity index is 1.97. The van der Waals surface area contributed by atoms with Gasteiger partial charge in [-0.3, -0.25) is 4.79 Å². The van der Waals surface area contributed by atoms with E-state index in [1.165, 1.54) is 0 Å². The van der Waals surface area contributed by atoms with Gasteiger partial charge in [0.15, 0.2) is 0 Å². The number of hydrogen-bond donors (Lipinski definition) is 1. The fourth-order valence-corrected chi connectivity index (χ4v) is 4.25. The summed E-state index contributed by atoms with van der Waals surface area (Å²) in [4.78, 5) is 12.0. The van der Waals surface area contributed by atoms with Gasteiger partial charge in [0, 0.05) is 25.6 Å². The second-order valence-corrected chi connectivity index (χ2v) is 8.27. The maximum Gasteiger partial charge on any atom is 0.243 e. The van der Waals surface area contributed by atoms with Crippen LogP contribution in [0.25, 0.3) is 0 Å². The lowest BCUT2D eigenvalue weighted by Gasteiger charge is -2.25. The third-order valence-corrected chi connectivity index (χ3v) is 5.88. The van der Waals surface area contributed by atoms with Crippen LogP contribution in [0.2, 0.25) is 0 Å². The highest BCUT2D eigenvalue weighted by Crippen LogP contribution is 2.21. The molecule has 1 N–H and O–H groups in total. The van der Waals surface area contributed by atoms with Crippen LogP contribution in [0, 0.1) is 0 Å². The van der Waals surface area contributed by atoms with E-state index < -0.39 is 10.0 Å². The molecule has 0 aliphatic carbocycles. The first-order valence-electron chi connectivity index (χ1n) is 8.28. The van der Waals surface area contributed by atoms with Gasteiger partial charge in [-0.2, -0.15) is 4.31 Å². The van der Waals surface area contributed by atoms with Gasteiger partial charge < -0.3 is 5.32 Å². The van der Waals surface area contributed by atoms with E-state index in [-0.39, 0.29) is 11.9 Å². The van der Waals surface area contributed by atoms with Crippen molar-refractivity contribution >= 4 is 15.9 Å². The molecule has 0 bridgehead atoms. The lowest BCUT2D eigenvalue weighted by Crippen LogP contribution is -2.35. The highest BCUT2D eigenvalue weighted by atomic mass is 32.2. The van der Waals surface area contributed by atoms with Crippen LogP contribution >= 0.6 is 0 Å². The Labute approximate surface area is 139 Å². The Kier molecular flexibility index (Phi) is 6.18. The highest BCUT2D eigenvalue weighted by Gasteiger charge is 2.25. The van der Waals surface area contributed by atoms with Crippen molar-refractivity contribution in [2.45, 2.75) is 56.9 Å². The third-order valence-electron chi connectivity index (χ3n) is 3.97. The van der Waals surface area contributed by atoms with Crippen LogP contribution in [0.5, 0.6) is 0 Å². The summed E-state index contributed by atoms with van der Waals surface area (Å²) in [5.74, 6) is 0.0185. The molecule has 1 fully saturated rings. The van der Waals surface area contributed by atoms with E-state index in [9.17, 15) is 13.2 Å². The summed E-state index contributed by atoms with van der Waals surface area (Å²) in [5.41, 5.74) is 0.974. The fraction of sp³-hybridized carbons (Fsp3) is 0.588. The first kappa shape index (κ1) is 17.9. The quantitative estimate of drug-likeness (QED) is 0.865. The van der Waals surface area contributed by atoms with E-state index in [0.717, 1.165) is 24.8 Å². The van der Waals surface area contributed by atoms with Gasteiger partial charge in [0.1, 0.15) is 0 Å². The SMILES string of the molecule is CC(C)NC(=O)CCc1ccc(S(=O)(=O)N2CCCCC2)cc1. The van der Waals surface area contributed by atoms with Crippen molar-refractivity contribution in [1.29, 1.82) is 0 Å². The molecular formula is C17H26N2O3S. The minimum atomic E-state index is -3.37. The van der Waals surface area contributed by atoms with Gasteiger partial charge >= 0.3 is 0 Å². The number of benzene rings is 1. The van der Waals surface area contributed by atoms with E-state index in [1.54, 1.807) is 28.6 Å². The number of aryl methyl sites for hydroxylation is 1.